The largest absolute Gasteiger partial charge is 0.378 e. The van der Waals surface area contributed by atoms with E-state index in [1.807, 2.05) is 12.1 Å². The van der Waals surface area contributed by atoms with Gasteiger partial charge in [0.25, 0.3) is 0 Å². The van der Waals surface area contributed by atoms with Crippen molar-refractivity contribution in [3.8, 4) is 12.3 Å². The molecule has 1 aromatic carbocycles. The monoisotopic (exact) mass is 340 g/mol. The van der Waals surface area contributed by atoms with Crippen molar-refractivity contribution in [2.45, 2.75) is 38.3 Å². The highest BCUT2D eigenvalue weighted by atomic mass is 16.5. The molecule has 1 fully saturated rings. The first-order valence-electron chi connectivity index (χ1n) is 8.73. The van der Waals surface area contributed by atoms with Gasteiger partial charge in [0.2, 0.25) is 5.91 Å². The first-order valence-corrected chi connectivity index (χ1v) is 8.73. The van der Waals surface area contributed by atoms with Crippen LogP contribution in [0.3, 0.4) is 0 Å². The third kappa shape index (κ3) is 4.58. The van der Waals surface area contributed by atoms with Crippen molar-refractivity contribution in [1.29, 1.82) is 0 Å². The fourth-order valence-corrected chi connectivity index (χ4v) is 3.10. The Bertz CT molecular complexity index is 696. The van der Waals surface area contributed by atoms with Gasteiger partial charge < -0.3 is 15.0 Å². The number of nitrogens with zero attached hydrogens (tertiary/aromatic N) is 3. The van der Waals surface area contributed by atoms with Crippen LogP contribution in [0.4, 0.5) is 11.4 Å². The summed E-state index contributed by atoms with van der Waals surface area (Å²) in [5.41, 5.74) is 2.77. The van der Waals surface area contributed by atoms with Crippen molar-refractivity contribution in [2.75, 3.05) is 36.5 Å². The average Bonchev–Trinajstić information content (AvgIpc) is 3.40. The molecule has 2 heterocycles. The summed E-state index contributed by atoms with van der Waals surface area (Å²) in [5.74, 6) is 2.58. The molecule has 0 unspecified atom stereocenters. The third-order valence-electron chi connectivity index (χ3n) is 4.64. The van der Waals surface area contributed by atoms with Crippen molar-refractivity contribution in [3.63, 3.8) is 0 Å². The van der Waals surface area contributed by atoms with Crippen molar-refractivity contribution in [2.24, 2.45) is 10.2 Å². The molecule has 2 aliphatic rings. The van der Waals surface area contributed by atoms with E-state index >= 15 is 0 Å². The molecule has 1 N–H and O–H groups in total. The number of benzene rings is 1. The number of carbonyl (C=O) groups excluding carboxylic acids is 1. The highest BCUT2D eigenvalue weighted by molar-refractivity contribution is 5.91. The molecule has 1 amide bonds. The van der Waals surface area contributed by atoms with Gasteiger partial charge in [0.15, 0.2) is 5.66 Å². The Hall–Kier alpha value is -2.39. The standard InChI is InChI=1S/C19H24N4O2/c1-3-4-8-19(21-22-19)9-7-18(24)20-16-5-6-17(15(2)14-16)23-10-12-25-13-11-23/h1,5-6,14H,4,7-13H2,2H3,(H,20,24). The lowest BCUT2D eigenvalue weighted by Gasteiger charge is -2.30. The highest BCUT2D eigenvalue weighted by Crippen LogP contribution is 2.37. The summed E-state index contributed by atoms with van der Waals surface area (Å²) in [6.45, 7) is 5.39. The second-order valence-corrected chi connectivity index (χ2v) is 6.54. The van der Waals surface area contributed by atoms with Crippen molar-refractivity contribution in [3.05, 3.63) is 23.8 Å². The second kappa shape index (κ2) is 7.66. The van der Waals surface area contributed by atoms with Crippen molar-refractivity contribution < 1.29 is 9.53 Å². The van der Waals surface area contributed by atoms with Crippen LogP contribution in [0.2, 0.25) is 0 Å². The van der Waals surface area contributed by atoms with E-state index < -0.39 is 5.66 Å². The molecule has 6 nitrogen and oxygen atoms in total. The van der Waals surface area contributed by atoms with Gasteiger partial charge in [0.1, 0.15) is 0 Å². The zero-order valence-corrected chi connectivity index (χ0v) is 14.6. The molecule has 0 aliphatic carbocycles. The van der Waals surface area contributed by atoms with E-state index in [0.29, 0.717) is 19.3 Å². The lowest BCUT2D eigenvalue weighted by molar-refractivity contribution is -0.116. The number of terminal acetylenes is 1. The van der Waals surface area contributed by atoms with Gasteiger partial charge >= 0.3 is 0 Å². The van der Waals surface area contributed by atoms with E-state index in [2.05, 4.69) is 39.4 Å². The molecule has 132 valence electrons. The summed E-state index contributed by atoms with van der Waals surface area (Å²) < 4.78 is 5.40. The molecule has 0 saturated carbocycles. The number of rotatable bonds is 7. The fourth-order valence-electron chi connectivity index (χ4n) is 3.10. The van der Waals surface area contributed by atoms with E-state index in [1.165, 1.54) is 5.69 Å². The Morgan fingerprint density at radius 2 is 2.12 bits per heavy atom. The number of nitrogens with one attached hydrogen (secondary N) is 1. The van der Waals surface area contributed by atoms with Gasteiger partial charge in [0, 0.05) is 50.1 Å². The van der Waals surface area contributed by atoms with Crippen LogP contribution in [0.5, 0.6) is 0 Å². The number of hydrogen-bond acceptors (Lipinski definition) is 5. The van der Waals surface area contributed by atoms with E-state index in [4.69, 9.17) is 11.2 Å². The van der Waals surface area contributed by atoms with E-state index in [9.17, 15) is 4.79 Å². The molecule has 0 radical (unpaired) electrons. The number of hydrogen-bond donors (Lipinski definition) is 1. The molecule has 1 saturated heterocycles. The molecule has 0 atom stereocenters. The van der Waals surface area contributed by atoms with Gasteiger partial charge in [-0.3, -0.25) is 4.79 Å². The van der Waals surface area contributed by atoms with Gasteiger partial charge in [-0.05, 0) is 30.7 Å². The van der Waals surface area contributed by atoms with Crippen LogP contribution in [0.15, 0.2) is 28.4 Å². The van der Waals surface area contributed by atoms with E-state index in [1.54, 1.807) is 0 Å². The Labute approximate surface area is 148 Å². The predicted molar refractivity (Wildman–Crippen MR) is 97.7 cm³/mol. The molecule has 6 heteroatoms. The molecule has 0 aromatic heterocycles. The van der Waals surface area contributed by atoms with Crippen LogP contribution in [-0.2, 0) is 9.53 Å². The van der Waals surface area contributed by atoms with Crippen LogP contribution in [0, 0.1) is 19.3 Å². The van der Waals surface area contributed by atoms with Gasteiger partial charge in [-0.25, -0.2) is 0 Å². The summed E-state index contributed by atoms with van der Waals surface area (Å²) in [5, 5.41) is 11.1. The van der Waals surface area contributed by atoms with Gasteiger partial charge in [-0.1, -0.05) is 0 Å². The third-order valence-corrected chi connectivity index (χ3v) is 4.64. The van der Waals surface area contributed by atoms with Crippen LogP contribution in [-0.4, -0.2) is 37.9 Å². The molecule has 2 aliphatic heterocycles. The maximum Gasteiger partial charge on any atom is 0.224 e. The summed E-state index contributed by atoms with van der Waals surface area (Å²) in [6.07, 6.45) is 7.65. The lowest BCUT2D eigenvalue weighted by atomic mass is 10.0. The first-order chi connectivity index (χ1) is 12.1. The van der Waals surface area contributed by atoms with Gasteiger partial charge in [-0.15, -0.1) is 12.3 Å². The van der Waals surface area contributed by atoms with Crippen LogP contribution in [0.25, 0.3) is 0 Å². The molecule has 0 spiro atoms. The zero-order chi connectivity index (χ0) is 17.7. The average molecular weight is 340 g/mol. The van der Waals surface area contributed by atoms with Crippen molar-refractivity contribution >= 4 is 17.3 Å². The summed E-state index contributed by atoms with van der Waals surface area (Å²) in [4.78, 5) is 14.5. The number of ether oxygens (including phenoxy) is 1. The van der Waals surface area contributed by atoms with E-state index in [0.717, 1.165) is 44.0 Å². The molecule has 3 rings (SSSR count). The second-order valence-electron chi connectivity index (χ2n) is 6.54. The zero-order valence-electron chi connectivity index (χ0n) is 14.6. The minimum Gasteiger partial charge on any atom is -0.378 e. The number of amides is 1. The SMILES string of the molecule is C#CCCC1(CCC(=O)Nc2ccc(N3CCOCC3)c(C)c2)N=N1. The van der Waals surface area contributed by atoms with Gasteiger partial charge in [-0.2, -0.15) is 10.2 Å². The fraction of sp³-hybridized carbons (Fsp3) is 0.526. The van der Waals surface area contributed by atoms with Crippen LogP contribution >= 0.6 is 0 Å². The van der Waals surface area contributed by atoms with E-state index in [-0.39, 0.29) is 5.91 Å². The van der Waals surface area contributed by atoms with Gasteiger partial charge in [0.05, 0.1) is 13.2 Å². The normalized spacial score (nSPS) is 17.8. The topological polar surface area (TPSA) is 66.3 Å². The number of carbonyl (C=O) groups is 1. The number of aryl methyl sites for hydroxylation is 1. The van der Waals surface area contributed by atoms with Crippen molar-refractivity contribution in [1.82, 2.24) is 0 Å². The maximum absolute atomic E-state index is 12.2. The lowest BCUT2D eigenvalue weighted by Crippen LogP contribution is -2.36. The smallest absolute Gasteiger partial charge is 0.224 e. The summed E-state index contributed by atoms with van der Waals surface area (Å²) >= 11 is 0. The summed E-state index contributed by atoms with van der Waals surface area (Å²) in [7, 11) is 0. The quantitative estimate of drug-likeness (QED) is 0.776. The minimum atomic E-state index is -0.403. The molecular formula is C19H24N4O2. The van der Waals surface area contributed by atoms with Crippen LogP contribution in [0.1, 0.15) is 31.2 Å². The predicted octanol–water partition coefficient (Wildman–Crippen LogP) is 3.13. The Kier molecular flexibility index (Phi) is 5.34. The first kappa shape index (κ1) is 17.4. The molecular weight excluding hydrogens is 316 g/mol. The number of anilines is 2. The Balaban J connectivity index is 1.51. The number of morpholine rings is 1. The Morgan fingerprint density at radius 1 is 1.36 bits per heavy atom. The molecule has 1 aromatic rings. The maximum atomic E-state index is 12.2. The highest BCUT2D eigenvalue weighted by Gasteiger charge is 2.39. The summed E-state index contributed by atoms with van der Waals surface area (Å²) in [6, 6.07) is 6.04. The molecule has 25 heavy (non-hydrogen) atoms. The minimum absolute atomic E-state index is 0.0177. The van der Waals surface area contributed by atoms with Crippen LogP contribution < -0.4 is 10.2 Å². The molecule has 0 bridgehead atoms. The Morgan fingerprint density at radius 3 is 2.76 bits per heavy atom.